The van der Waals surface area contributed by atoms with Crippen LogP contribution in [0.1, 0.15) is 18.9 Å². The predicted molar refractivity (Wildman–Crippen MR) is 88.2 cm³/mol. The summed E-state index contributed by atoms with van der Waals surface area (Å²) in [6.07, 6.45) is -0.507. The summed E-state index contributed by atoms with van der Waals surface area (Å²) in [7, 11) is 1.42. The zero-order valence-corrected chi connectivity index (χ0v) is 14.2. The average Bonchev–Trinajstić information content (AvgIpc) is 2.51. The minimum atomic E-state index is -1.14. The van der Waals surface area contributed by atoms with Crippen molar-refractivity contribution in [1.82, 2.24) is 0 Å². The van der Waals surface area contributed by atoms with Gasteiger partial charge >= 0.3 is 5.97 Å². The van der Waals surface area contributed by atoms with E-state index in [2.05, 4.69) is 32.6 Å². The Morgan fingerprint density at radius 3 is 2.62 bits per heavy atom. The fraction of sp³-hybridized carbons (Fsp3) is 0.500. The Morgan fingerprint density at radius 2 is 2.14 bits per heavy atom. The van der Waals surface area contributed by atoms with E-state index in [0.717, 1.165) is 5.56 Å². The first kappa shape index (κ1) is 17.7. The molecule has 0 amide bonds. The van der Waals surface area contributed by atoms with E-state index >= 15 is 0 Å². The highest BCUT2D eigenvalue weighted by Crippen LogP contribution is 2.36. The van der Waals surface area contributed by atoms with E-state index in [1.807, 2.05) is 30.3 Å². The van der Waals surface area contributed by atoms with Gasteiger partial charge in [0.2, 0.25) is 0 Å². The second-order valence-corrected chi connectivity index (χ2v) is 5.37. The fourth-order valence-electron chi connectivity index (χ4n) is 2.27. The lowest BCUT2D eigenvalue weighted by Gasteiger charge is -2.35. The molecule has 2 atom stereocenters. The van der Waals surface area contributed by atoms with Crippen molar-refractivity contribution in [3.63, 3.8) is 0 Å². The molecule has 0 N–H and O–H groups in total. The second kappa shape index (κ2) is 8.86. The quantitative estimate of drug-likeness (QED) is 0.166. The number of methoxy groups -OCH3 is 1. The van der Waals surface area contributed by atoms with Crippen LogP contribution in [0.3, 0.4) is 0 Å². The van der Waals surface area contributed by atoms with Gasteiger partial charge in [0.1, 0.15) is 5.41 Å². The Hall–Kier alpha value is -1.31. The van der Waals surface area contributed by atoms with Crippen molar-refractivity contribution < 1.29 is 14.3 Å². The third-order valence-electron chi connectivity index (χ3n) is 3.22. The highest BCUT2D eigenvalue weighted by atomic mass is 127. The van der Waals surface area contributed by atoms with E-state index in [1.165, 1.54) is 7.11 Å². The van der Waals surface area contributed by atoms with Crippen molar-refractivity contribution in [2.45, 2.75) is 25.0 Å². The number of azide groups is 1. The first-order chi connectivity index (χ1) is 10.2. The third-order valence-corrected chi connectivity index (χ3v) is 3.76. The van der Waals surface area contributed by atoms with Crippen LogP contribution in [0.4, 0.5) is 0 Å². The molecule has 0 aliphatic rings. The number of alkyl halides is 1. The molecule has 0 heterocycles. The first-order valence-corrected chi connectivity index (χ1v) is 8.05. The molecular formula is C14H18IN3O3. The minimum Gasteiger partial charge on any atom is -0.465 e. The van der Waals surface area contributed by atoms with Gasteiger partial charge < -0.3 is 9.47 Å². The number of benzene rings is 1. The average molecular weight is 403 g/mol. The Balaban J connectivity index is 3.48. The van der Waals surface area contributed by atoms with E-state index in [1.54, 1.807) is 6.92 Å². The first-order valence-electron chi connectivity index (χ1n) is 6.53. The molecule has 0 saturated heterocycles. The zero-order valence-electron chi connectivity index (χ0n) is 12.0. The molecule has 0 bridgehead atoms. The highest BCUT2D eigenvalue weighted by Gasteiger charge is 2.48. The maximum atomic E-state index is 12.6. The molecular weight excluding hydrogens is 385 g/mol. The normalized spacial score (nSPS) is 14.6. The lowest BCUT2D eigenvalue weighted by atomic mass is 9.76. The number of carbonyl (C=O) groups excluding carboxylic acids is 1. The van der Waals surface area contributed by atoms with E-state index in [-0.39, 0.29) is 6.61 Å². The van der Waals surface area contributed by atoms with Crippen molar-refractivity contribution >= 4 is 28.6 Å². The highest BCUT2D eigenvalue weighted by molar-refractivity contribution is 14.1. The summed E-state index contributed by atoms with van der Waals surface area (Å²) >= 11 is 2.18. The second-order valence-electron chi connectivity index (χ2n) is 4.29. The molecule has 0 radical (unpaired) electrons. The van der Waals surface area contributed by atoms with Crippen LogP contribution in [-0.2, 0) is 19.7 Å². The van der Waals surface area contributed by atoms with Crippen molar-refractivity contribution in [1.29, 1.82) is 0 Å². The maximum absolute atomic E-state index is 12.6. The summed E-state index contributed by atoms with van der Waals surface area (Å²) in [5.41, 5.74) is 8.36. The van der Waals surface area contributed by atoms with Gasteiger partial charge in [-0.1, -0.05) is 58.0 Å². The monoisotopic (exact) mass is 403 g/mol. The number of halogens is 1. The largest absolute Gasteiger partial charge is 0.465 e. The molecule has 0 aromatic heterocycles. The van der Waals surface area contributed by atoms with Crippen LogP contribution in [0.2, 0.25) is 0 Å². The number of rotatable bonds is 8. The molecule has 2 unspecified atom stereocenters. The van der Waals surface area contributed by atoms with Crippen molar-refractivity contribution in [3.8, 4) is 0 Å². The fourth-order valence-corrected chi connectivity index (χ4v) is 3.12. The summed E-state index contributed by atoms with van der Waals surface area (Å²) < 4.78 is 11.2. The van der Waals surface area contributed by atoms with Gasteiger partial charge in [-0.25, -0.2) is 0 Å². The van der Waals surface area contributed by atoms with Gasteiger partial charge in [-0.15, -0.1) is 0 Å². The van der Waals surface area contributed by atoms with Gasteiger partial charge in [0.15, 0.2) is 6.23 Å². The Bertz CT molecular complexity index is 505. The summed E-state index contributed by atoms with van der Waals surface area (Å²) in [6, 6.07) is 9.17. The van der Waals surface area contributed by atoms with Gasteiger partial charge in [0, 0.05) is 16.4 Å². The van der Waals surface area contributed by atoms with Crippen molar-refractivity contribution in [2.24, 2.45) is 5.11 Å². The summed E-state index contributed by atoms with van der Waals surface area (Å²) in [5, 5.41) is 3.67. The van der Waals surface area contributed by atoms with Crippen LogP contribution in [-0.4, -0.2) is 30.3 Å². The zero-order chi connectivity index (χ0) is 15.7. The molecule has 0 fully saturated rings. The SMILES string of the molecule is CCOC(=O)C(CCI)(c1ccccc1)C(N=[N+]=[N-])OC. The molecule has 1 rings (SSSR count). The van der Waals surface area contributed by atoms with Crippen LogP contribution in [0, 0.1) is 0 Å². The number of esters is 1. The van der Waals surface area contributed by atoms with Gasteiger partial charge in [-0.2, -0.15) is 0 Å². The molecule has 0 saturated carbocycles. The maximum Gasteiger partial charge on any atom is 0.319 e. The summed E-state index contributed by atoms with van der Waals surface area (Å²) in [5.74, 6) is -0.438. The van der Waals surface area contributed by atoms with E-state index in [4.69, 9.17) is 15.0 Å². The number of hydrogen-bond acceptors (Lipinski definition) is 4. The number of nitrogens with zero attached hydrogens (tertiary/aromatic N) is 3. The van der Waals surface area contributed by atoms with Crippen LogP contribution >= 0.6 is 22.6 Å². The molecule has 1 aromatic rings. The standard InChI is InChI=1S/C14H18IN3O3/c1-3-21-13(19)14(9-10-15,12(20-2)17-18-16)11-7-5-4-6-8-11/h4-8,12H,3,9-10H2,1-2H3. The Labute approximate surface area is 137 Å². The molecule has 114 valence electrons. The molecule has 0 aliphatic heterocycles. The number of ether oxygens (including phenoxy) is 2. The van der Waals surface area contributed by atoms with E-state index in [0.29, 0.717) is 10.8 Å². The van der Waals surface area contributed by atoms with Gasteiger partial charge in [-0.05, 0) is 24.4 Å². The van der Waals surface area contributed by atoms with E-state index < -0.39 is 17.6 Å². The topological polar surface area (TPSA) is 84.3 Å². The van der Waals surface area contributed by atoms with Gasteiger partial charge in [0.25, 0.3) is 0 Å². The van der Waals surface area contributed by atoms with Crippen LogP contribution in [0.15, 0.2) is 35.4 Å². The molecule has 0 spiro atoms. The lowest BCUT2D eigenvalue weighted by molar-refractivity contribution is -0.156. The summed E-state index contributed by atoms with van der Waals surface area (Å²) in [4.78, 5) is 15.5. The van der Waals surface area contributed by atoms with Gasteiger partial charge in [-0.3, -0.25) is 4.79 Å². The predicted octanol–water partition coefficient (Wildman–Crippen LogP) is 3.60. The number of hydrogen-bond donors (Lipinski definition) is 0. The van der Waals surface area contributed by atoms with E-state index in [9.17, 15) is 4.79 Å². The van der Waals surface area contributed by atoms with Gasteiger partial charge in [0.05, 0.1) is 6.61 Å². The van der Waals surface area contributed by atoms with Crippen molar-refractivity contribution in [3.05, 3.63) is 46.3 Å². The molecule has 0 aliphatic carbocycles. The van der Waals surface area contributed by atoms with Crippen LogP contribution in [0.25, 0.3) is 10.4 Å². The molecule has 1 aromatic carbocycles. The third kappa shape index (κ3) is 3.87. The lowest BCUT2D eigenvalue weighted by Crippen LogP contribution is -2.48. The van der Waals surface area contributed by atoms with Crippen LogP contribution < -0.4 is 0 Å². The van der Waals surface area contributed by atoms with Crippen molar-refractivity contribution in [2.75, 3.05) is 18.1 Å². The molecule has 21 heavy (non-hydrogen) atoms. The smallest absolute Gasteiger partial charge is 0.319 e. The number of carbonyl (C=O) groups is 1. The summed E-state index contributed by atoms with van der Waals surface area (Å²) in [6.45, 7) is 1.99. The molecule has 7 heteroatoms. The Kier molecular flexibility index (Phi) is 7.49. The Morgan fingerprint density at radius 1 is 1.48 bits per heavy atom. The van der Waals surface area contributed by atoms with Crippen LogP contribution in [0.5, 0.6) is 0 Å². The minimum absolute atomic E-state index is 0.251. The molecule has 6 nitrogen and oxygen atoms in total.